The van der Waals surface area contributed by atoms with E-state index >= 15 is 0 Å². The minimum Gasteiger partial charge on any atom is -0.308 e. The molecule has 0 aliphatic carbocycles. The summed E-state index contributed by atoms with van der Waals surface area (Å²) in [6, 6.07) is 12.0. The van der Waals surface area contributed by atoms with E-state index in [9.17, 15) is 18.0 Å². The molecule has 0 bridgehead atoms. The number of nitrogens with one attached hydrogen (secondary N) is 3. The number of amides is 3. The molecule has 138 valence electrons. The van der Waals surface area contributed by atoms with E-state index < -0.39 is 22.0 Å². The van der Waals surface area contributed by atoms with Crippen LogP contribution in [0.3, 0.4) is 0 Å². The standard InChI is InChI=1S/C17H18ClN3O4S/c1-2-12-5-3-4-6-15(12)21-26(24,25)14-9-7-13(8-10-14)19-17(23)20-16(22)11-18/h3-10,21H,2,11H2,1H3,(H2,19,20,22,23). The second-order valence-electron chi connectivity index (χ2n) is 5.28. The third-order valence-corrected chi connectivity index (χ3v) is 5.06. The van der Waals surface area contributed by atoms with Gasteiger partial charge in [0.15, 0.2) is 0 Å². The van der Waals surface area contributed by atoms with E-state index in [2.05, 4.69) is 10.0 Å². The average molecular weight is 396 g/mol. The molecule has 3 N–H and O–H groups in total. The first-order valence-corrected chi connectivity index (χ1v) is 9.75. The minimum atomic E-state index is -3.76. The second kappa shape index (κ2) is 8.68. The molecular formula is C17H18ClN3O4S. The molecule has 0 aliphatic heterocycles. The number of sulfonamides is 1. The quantitative estimate of drug-likeness (QED) is 0.654. The molecule has 0 fully saturated rings. The van der Waals surface area contributed by atoms with Gasteiger partial charge in [0.2, 0.25) is 5.91 Å². The maximum atomic E-state index is 12.5. The summed E-state index contributed by atoms with van der Waals surface area (Å²) in [5.74, 6) is -0.975. The van der Waals surface area contributed by atoms with Gasteiger partial charge in [-0.3, -0.25) is 14.8 Å². The molecule has 0 saturated heterocycles. The summed E-state index contributed by atoms with van der Waals surface area (Å²) in [6.45, 7) is 1.94. The summed E-state index contributed by atoms with van der Waals surface area (Å²) in [6.07, 6.45) is 0.692. The zero-order valence-corrected chi connectivity index (χ0v) is 15.5. The Hall–Kier alpha value is -2.58. The van der Waals surface area contributed by atoms with Crippen molar-refractivity contribution in [1.29, 1.82) is 0 Å². The van der Waals surface area contributed by atoms with Gasteiger partial charge in [-0.05, 0) is 42.3 Å². The van der Waals surface area contributed by atoms with Crippen LogP contribution in [0.15, 0.2) is 53.4 Å². The number of aryl methyl sites for hydroxylation is 1. The summed E-state index contributed by atoms with van der Waals surface area (Å²) in [4.78, 5) is 22.6. The Bertz CT molecular complexity index is 898. The smallest absolute Gasteiger partial charge is 0.308 e. The average Bonchev–Trinajstić information content (AvgIpc) is 2.62. The monoisotopic (exact) mass is 395 g/mol. The van der Waals surface area contributed by atoms with Gasteiger partial charge in [0, 0.05) is 5.69 Å². The first-order chi connectivity index (χ1) is 12.4. The number of hydrogen-bond acceptors (Lipinski definition) is 4. The van der Waals surface area contributed by atoms with Gasteiger partial charge in [-0.15, -0.1) is 11.6 Å². The Morgan fingerprint density at radius 3 is 2.31 bits per heavy atom. The number of imide groups is 1. The number of rotatable bonds is 6. The van der Waals surface area contributed by atoms with Gasteiger partial charge in [-0.25, -0.2) is 13.2 Å². The van der Waals surface area contributed by atoms with Crippen LogP contribution in [0.1, 0.15) is 12.5 Å². The molecular weight excluding hydrogens is 378 g/mol. The highest BCUT2D eigenvalue weighted by Crippen LogP contribution is 2.21. The molecule has 0 radical (unpaired) electrons. The zero-order chi connectivity index (χ0) is 19.2. The molecule has 0 saturated carbocycles. The molecule has 2 rings (SSSR count). The predicted molar refractivity (Wildman–Crippen MR) is 101 cm³/mol. The third-order valence-electron chi connectivity index (χ3n) is 3.44. The normalized spacial score (nSPS) is 10.8. The van der Waals surface area contributed by atoms with Crippen LogP contribution in [0.5, 0.6) is 0 Å². The molecule has 7 nitrogen and oxygen atoms in total. The molecule has 2 aromatic carbocycles. The van der Waals surface area contributed by atoms with Gasteiger partial charge in [0.1, 0.15) is 5.88 Å². The maximum absolute atomic E-state index is 12.5. The summed E-state index contributed by atoms with van der Waals surface area (Å²) >= 11 is 5.29. The lowest BCUT2D eigenvalue weighted by Gasteiger charge is -2.12. The molecule has 3 amide bonds. The van der Waals surface area contributed by atoms with Crippen LogP contribution in [-0.2, 0) is 21.2 Å². The number of benzene rings is 2. The Morgan fingerprint density at radius 2 is 1.69 bits per heavy atom. The molecule has 9 heteroatoms. The van der Waals surface area contributed by atoms with E-state index in [-0.39, 0.29) is 10.8 Å². The van der Waals surface area contributed by atoms with E-state index in [1.165, 1.54) is 24.3 Å². The van der Waals surface area contributed by atoms with E-state index in [1.807, 2.05) is 24.4 Å². The van der Waals surface area contributed by atoms with Crippen molar-refractivity contribution >= 4 is 44.9 Å². The van der Waals surface area contributed by atoms with Gasteiger partial charge in [-0.1, -0.05) is 25.1 Å². The Balaban J connectivity index is 2.11. The minimum absolute atomic E-state index is 0.0474. The van der Waals surface area contributed by atoms with Crippen molar-refractivity contribution in [2.75, 3.05) is 15.9 Å². The lowest BCUT2D eigenvalue weighted by molar-refractivity contribution is -0.117. The second-order valence-corrected chi connectivity index (χ2v) is 7.23. The van der Waals surface area contributed by atoms with E-state index in [0.29, 0.717) is 17.8 Å². The van der Waals surface area contributed by atoms with Gasteiger partial charge in [-0.2, -0.15) is 0 Å². The van der Waals surface area contributed by atoms with Gasteiger partial charge in [0.05, 0.1) is 10.6 Å². The Morgan fingerprint density at radius 1 is 1.04 bits per heavy atom. The van der Waals surface area contributed by atoms with Gasteiger partial charge >= 0.3 is 6.03 Å². The van der Waals surface area contributed by atoms with Crippen LogP contribution in [0, 0.1) is 0 Å². The third kappa shape index (κ3) is 5.21. The summed E-state index contributed by atoms with van der Waals surface area (Å²) in [5.41, 5.74) is 1.74. The molecule has 0 aliphatic rings. The van der Waals surface area contributed by atoms with Gasteiger partial charge in [0.25, 0.3) is 10.0 Å². The van der Waals surface area contributed by atoms with Crippen molar-refractivity contribution in [1.82, 2.24) is 5.32 Å². The number of anilines is 2. The number of carbonyl (C=O) groups excluding carboxylic acids is 2. The number of halogens is 1. The summed E-state index contributed by atoms with van der Waals surface area (Å²) < 4.78 is 27.6. The fraction of sp³-hybridized carbons (Fsp3) is 0.176. The predicted octanol–water partition coefficient (Wildman–Crippen LogP) is 2.94. The van der Waals surface area contributed by atoms with Crippen molar-refractivity contribution in [2.24, 2.45) is 0 Å². The largest absolute Gasteiger partial charge is 0.325 e. The first-order valence-electron chi connectivity index (χ1n) is 7.73. The SMILES string of the molecule is CCc1ccccc1NS(=O)(=O)c1ccc(NC(=O)NC(=O)CCl)cc1. The molecule has 26 heavy (non-hydrogen) atoms. The summed E-state index contributed by atoms with van der Waals surface area (Å²) in [7, 11) is -3.76. The number of alkyl halides is 1. The van der Waals surface area contributed by atoms with Crippen molar-refractivity contribution < 1.29 is 18.0 Å². The van der Waals surface area contributed by atoms with Crippen LogP contribution in [0.2, 0.25) is 0 Å². The fourth-order valence-electron chi connectivity index (χ4n) is 2.17. The van der Waals surface area contributed by atoms with Crippen LogP contribution in [0.4, 0.5) is 16.2 Å². The van der Waals surface area contributed by atoms with Crippen LogP contribution < -0.4 is 15.4 Å². The van der Waals surface area contributed by atoms with Crippen molar-refractivity contribution in [2.45, 2.75) is 18.2 Å². The topological polar surface area (TPSA) is 104 Å². The van der Waals surface area contributed by atoms with E-state index in [0.717, 1.165) is 5.56 Å². The number of para-hydroxylation sites is 1. The molecule has 2 aromatic rings. The summed E-state index contributed by atoms with van der Waals surface area (Å²) in [5, 5.41) is 4.43. The van der Waals surface area contributed by atoms with Crippen molar-refractivity contribution in [3.05, 3.63) is 54.1 Å². The highest BCUT2D eigenvalue weighted by Gasteiger charge is 2.16. The first kappa shape index (κ1) is 19.7. The molecule has 0 unspecified atom stereocenters. The van der Waals surface area contributed by atoms with E-state index in [4.69, 9.17) is 11.6 Å². The zero-order valence-electron chi connectivity index (χ0n) is 14.0. The van der Waals surface area contributed by atoms with E-state index in [1.54, 1.807) is 12.1 Å². The molecule has 0 spiro atoms. The molecule has 0 aromatic heterocycles. The van der Waals surface area contributed by atoms with Gasteiger partial charge < -0.3 is 5.32 Å². The Labute approximate surface area is 156 Å². The number of hydrogen-bond donors (Lipinski definition) is 3. The number of urea groups is 1. The number of carbonyl (C=O) groups is 2. The highest BCUT2D eigenvalue weighted by atomic mass is 35.5. The fourth-order valence-corrected chi connectivity index (χ4v) is 3.34. The van der Waals surface area contributed by atoms with Crippen molar-refractivity contribution in [3.63, 3.8) is 0 Å². The molecule has 0 atom stereocenters. The maximum Gasteiger partial charge on any atom is 0.325 e. The lowest BCUT2D eigenvalue weighted by Crippen LogP contribution is -2.35. The Kier molecular flexibility index (Phi) is 6.59. The van der Waals surface area contributed by atoms with Crippen LogP contribution in [-0.4, -0.2) is 26.2 Å². The van der Waals surface area contributed by atoms with Crippen LogP contribution in [0.25, 0.3) is 0 Å². The highest BCUT2D eigenvalue weighted by molar-refractivity contribution is 7.92. The van der Waals surface area contributed by atoms with Crippen LogP contribution >= 0.6 is 11.6 Å². The lowest BCUT2D eigenvalue weighted by atomic mass is 10.1. The van der Waals surface area contributed by atoms with Crippen molar-refractivity contribution in [3.8, 4) is 0 Å². The molecule has 0 heterocycles.